The topological polar surface area (TPSA) is 19.6 Å². The minimum atomic E-state index is -0.339. The minimum Gasteiger partial charge on any atom is -0.454 e. The van der Waals surface area contributed by atoms with Crippen molar-refractivity contribution in [1.82, 2.24) is 0 Å². The number of benzene rings is 13. The van der Waals surface area contributed by atoms with Gasteiger partial charge >= 0.3 is 0 Å². The lowest BCUT2D eigenvalue weighted by atomic mass is 9.81. The van der Waals surface area contributed by atoms with Crippen molar-refractivity contribution in [3.63, 3.8) is 0 Å². The van der Waals surface area contributed by atoms with E-state index in [0.717, 1.165) is 94.2 Å². The standard InChI is InChI=1S/C71H49FN2O/c1-42-36-62(73(49-23-12-7-13-24-49)50-38-47-31-30-46-22-16-27-58-65(46)66(47)59(41-50)71(58,3)4)55-34-32-52-43(2)37-63(56-35-33-51(42)67(55)68(52)56)74(61-28-17-26-54-53-25-14-15-29-64(53)75-70(54)61)69-57(45-20-10-6-11-21-45)39-48(40-60(69)72)44-18-8-5-9-19-44/h5-41H,1-4H3. The third-order valence-electron chi connectivity index (χ3n) is 16.4. The van der Waals surface area contributed by atoms with Crippen molar-refractivity contribution >= 4 is 110 Å². The molecule has 0 aliphatic heterocycles. The van der Waals surface area contributed by atoms with E-state index >= 15 is 4.39 Å². The summed E-state index contributed by atoms with van der Waals surface area (Å²) in [6.45, 7) is 9.18. The predicted octanol–water partition coefficient (Wildman–Crippen LogP) is 20.5. The Labute approximate surface area is 434 Å². The lowest BCUT2D eigenvalue weighted by Crippen LogP contribution is -2.17. The molecule has 13 aromatic carbocycles. The van der Waals surface area contributed by atoms with Crippen LogP contribution in [0.25, 0.3) is 98.1 Å². The highest BCUT2D eigenvalue weighted by molar-refractivity contribution is 6.30. The molecule has 75 heavy (non-hydrogen) atoms. The zero-order valence-electron chi connectivity index (χ0n) is 42.0. The average Bonchev–Trinajstić information content (AvgIpc) is 3.99. The van der Waals surface area contributed by atoms with Crippen molar-refractivity contribution in [3.8, 4) is 22.3 Å². The molecule has 1 aliphatic rings. The second kappa shape index (κ2) is 16.1. The molecule has 0 spiro atoms. The summed E-state index contributed by atoms with van der Waals surface area (Å²) in [6.07, 6.45) is 0. The molecule has 14 aromatic rings. The Bertz CT molecular complexity index is 4650. The quantitative estimate of drug-likeness (QED) is 0.142. The fourth-order valence-corrected chi connectivity index (χ4v) is 12.9. The monoisotopic (exact) mass is 964 g/mol. The van der Waals surface area contributed by atoms with E-state index in [1.807, 2.05) is 66.7 Å². The third-order valence-corrected chi connectivity index (χ3v) is 16.4. The molecule has 4 heteroatoms. The molecule has 0 bridgehead atoms. The van der Waals surface area contributed by atoms with Gasteiger partial charge in [0, 0.05) is 43.9 Å². The Morgan fingerprint density at radius 1 is 0.387 bits per heavy atom. The molecule has 0 atom stereocenters. The fraction of sp³-hybridized carbons (Fsp3) is 0.0704. The summed E-state index contributed by atoms with van der Waals surface area (Å²) in [4.78, 5) is 4.62. The molecule has 0 N–H and O–H groups in total. The van der Waals surface area contributed by atoms with Crippen LogP contribution in [-0.2, 0) is 5.41 Å². The van der Waals surface area contributed by atoms with E-state index in [4.69, 9.17) is 4.42 Å². The highest BCUT2D eigenvalue weighted by Gasteiger charge is 2.36. The summed E-state index contributed by atoms with van der Waals surface area (Å²) in [6, 6.07) is 79.4. The molecule has 1 aliphatic carbocycles. The van der Waals surface area contributed by atoms with Crippen LogP contribution in [0.1, 0.15) is 36.1 Å². The van der Waals surface area contributed by atoms with Crippen molar-refractivity contribution in [1.29, 1.82) is 0 Å². The Balaban J connectivity index is 1.03. The van der Waals surface area contributed by atoms with Crippen molar-refractivity contribution in [3.05, 3.63) is 253 Å². The first-order valence-corrected chi connectivity index (χ1v) is 25.9. The number of fused-ring (bicyclic) bond motifs is 3. The summed E-state index contributed by atoms with van der Waals surface area (Å²) in [7, 11) is 0. The van der Waals surface area contributed by atoms with Gasteiger partial charge in [0.2, 0.25) is 0 Å². The molecular formula is C71H49FN2O. The van der Waals surface area contributed by atoms with E-state index in [0.29, 0.717) is 11.3 Å². The van der Waals surface area contributed by atoms with Gasteiger partial charge in [-0.2, -0.15) is 0 Å². The lowest BCUT2D eigenvalue weighted by Gasteiger charge is -2.32. The number of halogens is 1. The highest BCUT2D eigenvalue weighted by atomic mass is 19.1. The molecule has 0 unspecified atom stereocenters. The van der Waals surface area contributed by atoms with E-state index in [1.54, 1.807) is 6.07 Å². The van der Waals surface area contributed by atoms with Gasteiger partial charge in [-0.05, 0) is 157 Å². The SMILES string of the molecule is Cc1cc(N(c2ccccc2)c2cc3c4c(ccc5cccc(c54)C3(C)C)c2)c2ccc3c(C)cc(N(c4c(F)cc(-c5ccccc5)cc4-c4ccccc4)c4cccc5c4oc4ccccc45)c4ccc1c2c34. The molecule has 1 heterocycles. The van der Waals surface area contributed by atoms with Crippen LogP contribution in [0, 0.1) is 19.7 Å². The number of para-hydroxylation sites is 3. The highest BCUT2D eigenvalue weighted by Crippen LogP contribution is 2.55. The van der Waals surface area contributed by atoms with E-state index in [1.165, 1.54) is 49.0 Å². The second-order valence-corrected chi connectivity index (χ2v) is 21.0. The first kappa shape index (κ1) is 43.3. The van der Waals surface area contributed by atoms with Crippen molar-refractivity contribution in [2.24, 2.45) is 0 Å². The van der Waals surface area contributed by atoms with Gasteiger partial charge in [-0.1, -0.05) is 178 Å². The van der Waals surface area contributed by atoms with E-state index < -0.39 is 0 Å². The molecular weight excluding hydrogens is 916 g/mol. The van der Waals surface area contributed by atoms with Crippen LogP contribution in [0.3, 0.4) is 0 Å². The van der Waals surface area contributed by atoms with Gasteiger partial charge in [0.05, 0.1) is 22.7 Å². The van der Waals surface area contributed by atoms with Crippen LogP contribution in [-0.4, -0.2) is 0 Å². The normalized spacial score (nSPS) is 13.0. The van der Waals surface area contributed by atoms with Gasteiger partial charge in [-0.3, -0.25) is 0 Å². The number of hydrogen-bond acceptors (Lipinski definition) is 3. The minimum absolute atomic E-state index is 0.188. The lowest BCUT2D eigenvalue weighted by molar-refractivity contribution is 0.629. The smallest absolute Gasteiger partial charge is 0.159 e. The molecule has 0 radical (unpaired) electrons. The van der Waals surface area contributed by atoms with Crippen molar-refractivity contribution in [2.75, 3.05) is 9.80 Å². The van der Waals surface area contributed by atoms with Crippen LogP contribution in [0.15, 0.2) is 229 Å². The van der Waals surface area contributed by atoms with Crippen LogP contribution < -0.4 is 9.80 Å². The maximum Gasteiger partial charge on any atom is 0.159 e. The zero-order chi connectivity index (χ0) is 50.3. The van der Waals surface area contributed by atoms with Gasteiger partial charge in [0.15, 0.2) is 5.58 Å². The van der Waals surface area contributed by atoms with Gasteiger partial charge in [0.25, 0.3) is 0 Å². The maximum absolute atomic E-state index is 18.3. The number of aryl methyl sites for hydroxylation is 2. The second-order valence-electron chi connectivity index (χ2n) is 21.0. The number of rotatable bonds is 8. The number of anilines is 6. The van der Waals surface area contributed by atoms with Crippen molar-refractivity contribution in [2.45, 2.75) is 33.1 Å². The molecule has 0 fully saturated rings. The van der Waals surface area contributed by atoms with E-state index in [2.05, 4.69) is 189 Å². The first-order chi connectivity index (χ1) is 36.7. The first-order valence-electron chi connectivity index (χ1n) is 25.9. The summed E-state index contributed by atoms with van der Waals surface area (Å²) < 4.78 is 25.2. The fourth-order valence-electron chi connectivity index (χ4n) is 12.9. The Morgan fingerprint density at radius 2 is 0.973 bits per heavy atom. The molecule has 3 nitrogen and oxygen atoms in total. The Hall–Kier alpha value is -9.25. The van der Waals surface area contributed by atoms with Gasteiger partial charge < -0.3 is 14.2 Å². The molecule has 0 amide bonds. The van der Waals surface area contributed by atoms with Crippen LogP contribution >= 0.6 is 0 Å². The van der Waals surface area contributed by atoms with Crippen molar-refractivity contribution < 1.29 is 8.81 Å². The predicted molar refractivity (Wildman–Crippen MR) is 314 cm³/mol. The summed E-state index contributed by atoms with van der Waals surface area (Å²) >= 11 is 0. The molecule has 0 saturated heterocycles. The molecule has 1 aromatic heterocycles. The number of nitrogens with zero attached hydrogens (tertiary/aromatic N) is 2. The van der Waals surface area contributed by atoms with E-state index in [9.17, 15) is 0 Å². The maximum atomic E-state index is 18.3. The number of hydrogen-bond donors (Lipinski definition) is 0. The van der Waals surface area contributed by atoms with Gasteiger partial charge in [-0.25, -0.2) is 4.39 Å². The number of furan rings is 1. The van der Waals surface area contributed by atoms with Crippen LogP contribution in [0.2, 0.25) is 0 Å². The largest absolute Gasteiger partial charge is 0.454 e. The van der Waals surface area contributed by atoms with Gasteiger partial charge in [0.1, 0.15) is 11.4 Å². The summed E-state index contributed by atoms with van der Waals surface area (Å²) in [5, 5.41) is 14.0. The summed E-state index contributed by atoms with van der Waals surface area (Å²) in [5.74, 6) is -0.339. The van der Waals surface area contributed by atoms with Crippen LogP contribution in [0.4, 0.5) is 38.5 Å². The molecule has 0 saturated carbocycles. The molecule has 15 rings (SSSR count). The molecule has 356 valence electrons. The Morgan fingerprint density at radius 3 is 1.69 bits per heavy atom. The Kier molecular flexibility index (Phi) is 9.32. The summed E-state index contributed by atoms with van der Waals surface area (Å²) in [5.41, 5.74) is 15.0. The van der Waals surface area contributed by atoms with Gasteiger partial charge in [-0.15, -0.1) is 0 Å². The third kappa shape index (κ3) is 6.33. The van der Waals surface area contributed by atoms with Crippen LogP contribution in [0.5, 0.6) is 0 Å². The average molecular weight is 965 g/mol. The van der Waals surface area contributed by atoms with E-state index in [-0.39, 0.29) is 11.2 Å². The zero-order valence-corrected chi connectivity index (χ0v) is 42.0.